The zero-order valence-corrected chi connectivity index (χ0v) is 19.5. The second-order valence-electron chi connectivity index (χ2n) is 6.92. The summed E-state index contributed by atoms with van der Waals surface area (Å²) in [5.41, 5.74) is 3.41. The van der Waals surface area contributed by atoms with Gasteiger partial charge < -0.3 is 10.1 Å². The van der Waals surface area contributed by atoms with Gasteiger partial charge in [-0.25, -0.2) is 9.38 Å². The number of rotatable bonds is 5. The number of nitrogens with one attached hydrogen (secondary N) is 1. The molecule has 5 nitrogen and oxygen atoms in total. The van der Waals surface area contributed by atoms with Crippen molar-refractivity contribution < 1.29 is 13.9 Å². The average Bonchev–Trinajstić information content (AvgIpc) is 2.99. The summed E-state index contributed by atoms with van der Waals surface area (Å²) in [6.07, 6.45) is 0.465. The van der Waals surface area contributed by atoms with Crippen LogP contribution in [0.4, 0.5) is 21.5 Å². The minimum Gasteiger partial charge on any atom is -0.497 e. The summed E-state index contributed by atoms with van der Waals surface area (Å²) < 4.78 is 20.0. The number of methoxy groups -OCH3 is 1. The number of carbonyl (C=O) groups excluding carboxylic acids is 1. The van der Waals surface area contributed by atoms with Gasteiger partial charge in [-0.2, -0.15) is 0 Å². The van der Waals surface area contributed by atoms with Gasteiger partial charge in [-0.15, -0.1) is 11.8 Å². The summed E-state index contributed by atoms with van der Waals surface area (Å²) >= 11 is 4.52. The fraction of sp³-hybridized carbons (Fsp3) is 0.125. The molecule has 0 atom stereocenters. The fourth-order valence-corrected chi connectivity index (χ4v) is 4.24. The first kappa shape index (κ1) is 22.2. The molecular formula is C24H19BrFN3O2S. The van der Waals surface area contributed by atoms with Gasteiger partial charge in [-0.1, -0.05) is 40.2 Å². The summed E-state index contributed by atoms with van der Waals surface area (Å²) in [6.45, 7) is 0. The highest BCUT2D eigenvalue weighted by molar-refractivity contribution is 9.10. The number of benzene rings is 3. The summed E-state index contributed by atoms with van der Waals surface area (Å²) in [5.74, 6) is 0.0361. The van der Waals surface area contributed by atoms with Crippen LogP contribution in [0.3, 0.4) is 0 Å². The molecule has 0 aliphatic carbocycles. The van der Waals surface area contributed by atoms with Gasteiger partial charge in [0.1, 0.15) is 11.6 Å². The smallest absolute Gasteiger partial charge is 0.234 e. The van der Waals surface area contributed by atoms with E-state index < -0.39 is 5.82 Å². The number of fused-ring (bicyclic) bond motifs is 1. The van der Waals surface area contributed by atoms with Crippen LogP contribution in [0, 0.1) is 5.82 Å². The summed E-state index contributed by atoms with van der Waals surface area (Å²) in [6, 6.07) is 19.8. The predicted octanol–water partition coefficient (Wildman–Crippen LogP) is 6.52. The van der Waals surface area contributed by atoms with Crippen LogP contribution in [0.25, 0.3) is 0 Å². The quantitative estimate of drug-likeness (QED) is 0.423. The lowest BCUT2D eigenvalue weighted by atomic mass is 10.1. The number of ether oxygens (including phenoxy) is 1. The van der Waals surface area contributed by atoms with Crippen molar-refractivity contribution in [3.63, 3.8) is 0 Å². The lowest BCUT2D eigenvalue weighted by Crippen LogP contribution is -2.17. The van der Waals surface area contributed by atoms with Crippen LogP contribution in [0.2, 0.25) is 0 Å². The monoisotopic (exact) mass is 511 g/mol. The maximum Gasteiger partial charge on any atom is 0.234 e. The van der Waals surface area contributed by atoms with Crippen LogP contribution in [-0.2, 0) is 4.79 Å². The summed E-state index contributed by atoms with van der Waals surface area (Å²) in [5, 5.41) is 3.37. The normalized spacial score (nSPS) is 12.8. The number of thioether (sulfide) groups is 1. The Kier molecular flexibility index (Phi) is 7.02. The van der Waals surface area contributed by atoms with Crippen LogP contribution in [0.1, 0.15) is 12.0 Å². The number of amides is 1. The molecule has 0 spiro atoms. The van der Waals surface area contributed by atoms with E-state index in [1.54, 1.807) is 13.2 Å². The lowest BCUT2D eigenvalue weighted by molar-refractivity contribution is -0.113. The number of carbonyl (C=O) groups is 1. The Morgan fingerprint density at radius 1 is 1.09 bits per heavy atom. The van der Waals surface area contributed by atoms with Crippen molar-refractivity contribution in [3.05, 3.63) is 82.6 Å². The van der Waals surface area contributed by atoms with Gasteiger partial charge in [-0.3, -0.25) is 9.79 Å². The van der Waals surface area contributed by atoms with Gasteiger partial charge in [0.05, 0.1) is 40.7 Å². The largest absolute Gasteiger partial charge is 0.497 e. The van der Waals surface area contributed by atoms with E-state index in [4.69, 9.17) is 14.7 Å². The molecular weight excluding hydrogens is 493 g/mol. The van der Waals surface area contributed by atoms with Crippen molar-refractivity contribution in [3.8, 4) is 5.75 Å². The van der Waals surface area contributed by atoms with Gasteiger partial charge in [0, 0.05) is 16.5 Å². The maximum absolute atomic E-state index is 14.0. The number of nitrogens with zero attached hydrogens (tertiary/aromatic N) is 2. The molecule has 8 heteroatoms. The van der Waals surface area contributed by atoms with Gasteiger partial charge in [0.15, 0.2) is 0 Å². The highest BCUT2D eigenvalue weighted by atomic mass is 79.9. The van der Waals surface area contributed by atoms with Crippen molar-refractivity contribution in [2.75, 3.05) is 18.2 Å². The van der Waals surface area contributed by atoms with Gasteiger partial charge in [0.2, 0.25) is 5.91 Å². The molecule has 1 aliphatic rings. The predicted molar refractivity (Wildman–Crippen MR) is 133 cm³/mol. The van der Waals surface area contributed by atoms with E-state index in [-0.39, 0.29) is 17.3 Å². The van der Waals surface area contributed by atoms with Gasteiger partial charge >= 0.3 is 0 Å². The molecule has 0 saturated heterocycles. The Morgan fingerprint density at radius 2 is 1.88 bits per heavy atom. The summed E-state index contributed by atoms with van der Waals surface area (Å²) in [7, 11) is 1.62. The zero-order valence-electron chi connectivity index (χ0n) is 17.1. The van der Waals surface area contributed by atoms with E-state index >= 15 is 0 Å². The molecule has 0 radical (unpaired) electrons. The number of anilines is 1. The number of hydrogen-bond donors (Lipinski definition) is 1. The van der Waals surface area contributed by atoms with Crippen molar-refractivity contribution in [2.24, 2.45) is 9.98 Å². The molecule has 3 aromatic rings. The molecule has 162 valence electrons. The van der Waals surface area contributed by atoms with Crippen molar-refractivity contribution in [2.45, 2.75) is 6.42 Å². The Balaban J connectivity index is 1.53. The molecule has 0 bridgehead atoms. The first-order valence-corrected chi connectivity index (χ1v) is 11.6. The van der Waals surface area contributed by atoms with E-state index in [0.717, 1.165) is 33.4 Å². The molecule has 3 aromatic carbocycles. The van der Waals surface area contributed by atoms with Crippen molar-refractivity contribution in [1.82, 2.24) is 0 Å². The molecule has 32 heavy (non-hydrogen) atoms. The lowest BCUT2D eigenvalue weighted by Gasteiger charge is -2.10. The van der Waals surface area contributed by atoms with Crippen molar-refractivity contribution >= 4 is 61.4 Å². The van der Waals surface area contributed by atoms with Crippen LogP contribution < -0.4 is 10.1 Å². The molecule has 0 fully saturated rings. The minimum absolute atomic E-state index is 0.0991. The third-order valence-corrected chi connectivity index (χ3v) is 6.15. The Bertz CT molecular complexity index is 1230. The van der Waals surface area contributed by atoms with Crippen molar-refractivity contribution in [1.29, 1.82) is 0 Å². The molecule has 1 amide bonds. The Hall–Kier alpha value is -2.97. The third-order valence-electron chi connectivity index (χ3n) is 4.68. The van der Waals surface area contributed by atoms with Crippen LogP contribution in [-0.4, -0.2) is 29.5 Å². The zero-order chi connectivity index (χ0) is 22.5. The SMILES string of the molecule is COc1cccc(C2=Nc3ccccc3N=C(SCC(=O)Nc3ccc(Br)cc3F)C2)c1. The fourth-order valence-electron chi connectivity index (χ4n) is 3.13. The highest BCUT2D eigenvalue weighted by Gasteiger charge is 2.17. The van der Waals surface area contributed by atoms with E-state index in [2.05, 4.69) is 21.2 Å². The van der Waals surface area contributed by atoms with Crippen LogP contribution in [0.15, 0.2) is 81.2 Å². The van der Waals surface area contributed by atoms with Crippen LogP contribution >= 0.6 is 27.7 Å². The average molecular weight is 512 g/mol. The van der Waals surface area contributed by atoms with E-state index in [9.17, 15) is 9.18 Å². The standard InChI is InChI=1S/C24H19BrFN3O2S/c1-31-17-6-4-5-15(11-17)22-13-24(29-21-8-3-2-7-20(21)27-22)32-14-23(30)28-19-10-9-16(25)12-18(19)26/h2-12H,13-14H2,1H3,(H,28,30). The number of hydrogen-bond acceptors (Lipinski definition) is 5. The molecule has 0 aromatic heterocycles. The van der Waals surface area contributed by atoms with E-state index in [1.165, 1.54) is 23.9 Å². The Morgan fingerprint density at radius 3 is 2.62 bits per heavy atom. The second-order valence-corrected chi connectivity index (χ2v) is 8.89. The van der Waals surface area contributed by atoms with E-state index in [0.29, 0.717) is 10.9 Å². The molecule has 1 aliphatic heterocycles. The Labute approximate surface area is 198 Å². The van der Waals surface area contributed by atoms with Crippen LogP contribution in [0.5, 0.6) is 5.75 Å². The number of halogens is 2. The highest BCUT2D eigenvalue weighted by Crippen LogP contribution is 2.33. The van der Waals surface area contributed by atoms with Gasteiger partial charge in [0.25, 0.3) is 0 Å². The maximum atomic E-state index is 14.0. The molecule has 1 heterocycles. The third kappa shape index (κ3) is 5.44. The first-order chi connectivity index (χ1) is 15.5. The van der Waals surface area contributed by atoms with Gasteiger partial charge in [-0.05, 0) is 42.5 Å². The minimum atomic E-state index is -0.495. The molecule has 0 saturated carbocycles. The number of para-hydroxylation sites is 2. The topological polar surface area (TPSA) is 63.1 Å². The number of aliphatic imine (C=N–C) groups is 2. The molecule has 0 unspecified atom stereocenters. The molecule has 1 N–H and O–H groups in total. The molecule has 4 rings (SSSR count). The van der Waals surface area contributed by atoms with E-state index in [1.807, 2.05) is 48.5 Å². The first-order valence-electron chi connectivity index (χ1n) is 9.78. The second kappa shape index (κ2) is 10.1. The summed E-state index contributed by atoms with van der Waals surface area (Å²) in [4.78, 5) is 22.0.